The first-order valence-corrected chi connectivity index (χ1v) is 6.52. The Morgan fingerprint density at radius 2 is 2.12 bits per heavy atom. The molecule has 1 fully saturated rings. The molecule has 3 unspecified atom stereocenters. The Kier molecular flexibility index (Phi) is 3.82. The Balaban J connectivity index is 2.18. The summed E-state index contributed by atoms with van der Waals surface area (Å²) in [6.45, 7) is 4.17. The summed E-state index contributed by atoms with van der Waals surface area (Å²) in [5, 5.41) is 10.4. The molecular formula is C15H21FO. The number of aryl methyl sites for hydroxylation is 1. The zero-order valence-electron chi connectivity index (χ0n) is 10.6. The SMILES string of the molecule is Cc1ccc(F)cc1C(O)C1CCCC(C)C1. The van der Waals surface area contributed by atoms with Crippen molar-refractivity contribution in [2.24, 2.45) is 11.8 Å². The molecule has 94 valence electrons. The molecule has 2 rings (SSSR count). The average Bonchev–Trinajstić information content (AvgIpc) is 2.31. The van der Waals surface area contributed by atoms with Gasteiger partial charge in [0.15, 0.2) is 0 Å². The highest BCUT2D eigenvalue weighted by Gasteiger charge is 2.27. The van der Waals surface area contributed by atoms with Crippen LogP contribution in [0.1, 0.15) is 49.8 Å². The molecule has 1 N–H and O–H groups in total. The zero-order valence-corrected chi connectivity index (χ0v) is 10.6. The van der Waals surface area contributed by atoms with Crippen molar-refractivity contribution in [2.75, 3.05) is 0 Å². The van der Waals surface area contributed by atoms with E-state index in [1.165, 1.54) is 25.0 Å². The van der Waals surface area contributed by atoms with Gasteiger partial charge in [-0.25, -0.2) is 4.39 Å². The first-order chi connectivity index (χ1) is 8.08. The predicted molar refractivity (Wildman–Crippen MR) is 67.2 cm³/mol. The second-order valence-corrected chi connectivity index (χ2v) is 5.48. The molecule has 3 atom stereocenters. The van der Waals surface area contributed by atoms with Crippen molar-refractivity contribution >= 4 is 0 Å². The van der Waals surface area contributed by atoms with Crippen molar-refractivity contribution in [1.82, 2.24) is 0 Å². The number of aliphatic hydroxyl groups is 1. The molecular weight excluding hydrogens is 215 g/mol. The van der Waals surface area contributed by atoms with Gasteiger partial charge in [-0.1, -0.05) is 25.8 Å². The molecule has 0 saturated heterocycles. The highest BCUT2D eigenvalue weighted by atomic mass is 19.1. The molecule has 0 radical (unpaired) electrons. The molecule has 1 aliphatic rings. The van der Waals surface area contributed by atoms with E-state index in [2.05, 4.69) is 6.92 Å². The van der Waals surface area contributed by atoms with Crippen molar-refractivity contribution in [2.45, 2.75) is 45.6 Å². The third-order valence-electron chi connectivity index (χ3n) is 3.98. The van der Waals surface area contributed by atoms with E-state index < -0.39 is 6.10 Å². The van der Waals surface area contributed by atoms with Gasteiger partial charge < -0.3 is 5.11 Å². The minimum atomic E-state index is -0.506. The lowest BCUT2D eigenvalue weighted by Gasteiger charge is -2.31. The van der Waals surface area contributed by atoms with Crippen LogP contribution in [-0.2, 0) is 0 Å². The number of halogens is 1. The van der Waals surface area contributed by atoms with E-state index >= 15 is 0 Å². The maximum absolute atomic E-state index is 13.2. The Hall–Kier alpha value is -0.890. The molecule has 17 heavy (non-hydrogen) atoms. The lowest BCUT2D eigenvalue weighted by molar-refractivity contribution is 0.0707. The van der Waals surface area contributed by atoms with Crippen LogP contribution in [0.15, 0.2) is 18.2 Å². The maximum atomic E-state index is 13.2. The van der Waals surface area contributed by atoms with Crippen LogP contribution in [0.4, 0.5) is 4.39 Å². The fourth-order valence-electron chi connectivity index (χ4n) is 2.95. The van der Waals surface area contributed by atoms with E-state index in [1.54, 1.807) is 6.07 Å². The molecule has 0 amide bonds. The Morgan fingerprint density at radius 3 is 2.82 bits per heavy atom. The molecule has 1 aliphatic carbocycles. The second kappa shape index (κ2) is 5.18. The first kappa shape index (κ1) is 12.6. The van der Waals surface area contributed by atoms with E-state index in [0.717, 1.165) is 24.0 Å². The van der Waals surface area contributed by atoms with Gasteiger partial charge in [-0.3, -0.25) is 0 Å². The van der Waals surface area contributed by atoms with E-state index in [1.807, 2.05) is 6.92 Å². The standard InChI is InChI=1S/C15H21FO/c1-10-4-3-5-12(8-10)15(17)14-9-13(16)7-6-11(14)2/h6-7,9-10,12,15,17H,3-5,8H2,1-2H3. The van der Waals surface area contributed by atoms with Crippen LogP contribution in [0, 0.1) is 24.6 Å². The smallest absolute Gasteiger partial charge is 0.123 e. The zero-order chi connectivity index (χ0) is 12.4. The summed E-state index contributed by atoms with van der Waals surface area (Å²) in [5.41, 5.74) is 1.75. The van der Waals surface area contributed by atoms with Gasteiger partial charge in [-0.15, -0.1) is 0 Å². The van der Waals surface area contributed by atoms with Crippen molar-refractivity contribution in [3.63, 3.8) is 0 Å². The lowest BCUT2D eigenvalue weighted by Crippen LogP contribution is -2.20. The van der Waals surface area contributed by atoms with Crippen LogP contribution in [0.3, 0.4) is 0 Å². The van der Waals surface area contributed by atoms with Gasteiger partial charge in [0.05, 0.1) is 6.10 Å². The van der Waals surface area contributed by atoms with Crippen LogP contribution in [0.5, 0.6) is 0 Å². The molecule has 0 spiro atoms. The fourth-order valence-corrected chi connectivity index (χ4v) is 2.95. The van der Waals surface area contributed by atoms with E-state index in [4.69, 9.17) is 0 Å². The summed E-state index contributed by atoms with van der Waals surface area (Å²) in [5.74, 6) is 0.713. The number of hydrogen-bond donors (Lipinski definition) is 1. The van der Waals surface area contributed by atoms with Crippen molar-refractivity contribution in [3.05, 3.63) is 35.1 Å². The van der Waals surface area contributed by atoms with E-state index in [0.29, 0.717) is 11.8 Å². The van der Waals surface area contributed by atoms with Gasteiger partial charge in [-0.05, 0) is 54.9 Å². The van der Waals surface area contributed by atoms with Crippen molar-refractivity contribution in [1.29, 1.82) is 0 Å². The van der Waals surface area contributed by atoms with Gasteiger partial charge >= 0.3 is 0 Å². The predicted octanol–water partition coefficient (Wildman–Crippen LogP) is 3.99. The molecule has 0 aromatic heterocycles. The molecule has 1 nitrogen and oxygen atoms in total. The van der Waals surface area contributed by atoms with Crippen LogP contribution in [0.25, 0.3) is 0 Å². The van der Waals surface area contributed by atoms with Gasteiger partial charge in [0.25, 0.3) is 0 Å². The number of aliphatic hydroxyl groups excluding tert-OH is 1. The third-order valence-corrected chi connectivity index (χ3v) is 3.98. The minimum Gasteiger partial charge on any atom is -0.388 e. The van der Waals surface area contributed by atoms with Crippen LogP contribution < -0.4 is 0 Å². The summed E-state index contributed by atoms with van der Waals surface area (Å²) in [7, 11) is 0. The monoisotopic (exact) mass is 236 g/mol. The molecule has 0 heterocycles. The first-order valence-electron chi connectivity index (χ1n) is 6.52. The van der Waals surface area contributed by atoms with Gasteiger partial charge in [0.2, 0.25) is 0 Å². The van der Waals surface area contributed by atoms with Crippen molar-refractivity contribution < 1.29 is 9.50 Å². The number of rotatable bonds is 2. The number of benzene rings is 1. The molecule has 0 aliphatic heterocycles. The summed E-state index contributed by atoms with van der Waals surface area (Å²) < 4.78 is 13.2. The van der Waals surface area contributed by atoms with Gasteiger partial charge in [0.1, 0.15) is 5.82 Å². The number of hydrogen-bond acceptors (Lipinski definition) is 1. The summed E-state index contributed by atoms with van der Waals surface area (Å²) in [6, 6.07) is 4.69. The van der Waals surface area contributed by atoms with Crippen molar-refractivity contribution in [3.8, 4) is 0 Å². The molecule has 1 aromatic rings. The van der Waals surface area contributed by atoms with Gasteiger partial charge in [-0.2, -0.15) is 0 Å². The second-order valence-electron chi connectivity index (χ2n) is 5.48. The largest absolute Gasteiger partial charge is 0.388 e. The Morgan fingerprint density at radius 1 is 1.35 bits per heavy atom. The molecule has 1 saturated carbocycles. The Labute approximate surface area is 103 Å². The molecule has 1 aromatic carbocycles. The summed E-state index contributed by atoms with van der Waals surface area (Å²) >= 11 is 0. The van der Waals surface area contributed by atoms with Gasteiger partial charge in [0, 0.05) is 0 Å². The van der Waals surface area contributed by atoms with E-state index in [9.17, 15) is 9.50 Å². The third kappa shape index (κ3) is 2.86. The van der Waals surface area contributed by atoms with Crippen LogP contribution in [0.2, 0.25) is 0 Å². The lowest BCUT2D eigenvalue weighted by atomic mass is 9.77. The minimum absolute atomic E-state index is 0.256. The highest BCUT2D eigenvalue weighted by molar-refractivity contribution is 5.29. The molecule has 2 heteroatoms. The van der Waals surface area contributed by atoms with E-state index in [-0.39, 0.29) is 5.82 Å². The average molecular weight is 236 g/mol. The fraction of sp³-hybridized carbons (Fsp3) is 0.600. The Bertz CT molecular complexity index is 389. The summed E-state index contributed by atoms with van der Waals surface area (Å²) in [6.07, 6.45) is 4.04. The topological polar surface area (TPSA) is 20.2 Å². The van der Waals surface area contributed by atoms with Crippen LogP contribution in [-0.4, -0.2) is 5.11 Å². The summed E-state index contributed by atoms with van der Waals surface area (Å²) in [4.78, 5) is 0. The quantitative estimate of drug-likeness (QED) is 0.823. The van der Waals surface area contributed by atoms with Crippen LogP contribution >= 0.6 is 0 Å². The maximum Gasteiger partial charge on any atom is 0.123 e. The normalized spacial score (nSPS) is 26.8. The highest BCUT2D eigenvalue weighted by Crippen LogP contribution is 2.37. The molecule has 0 bridgehead atoms.